The molecule has 0 bridgehead atoms. The van der Waals surface area contributed by atoms with Crippen LogP contribution in [0, 0.1) is 0 Å². The van der Waals surface area contributed by atoms with E-state index in [0.717, 1.165) is 37.8 Å². The summed E-state index contributed by atoms with van der Waals surface area (Å²) in [5.74, 6) is 1.52. The molecule has 2 aliphatic rings. The van der Waals surface area contributed by atoms with Crippen LogP contribution >= 0.6 is 0 Å². The van der Waals surface area contributed by atoms with Gasteiger partial charge in [-0.05, 0) is 12.1 Å². The summed E-state index contributed by atoms with van der Waals surface area (Å²) in [6.45, 7) is 5.01. The van der Waals surface area contributed by atoms with Gasteiger partial charge in [-0.25, -0.2) is 0 Å². The monoisotopic (exact) mass is 344 g/mol. The van der Waals surface area contributed by atoms with Crippen LogP contribution in [0.3, 0.4) is 0 Å². The Balaban J connectivity index is 0.00000192. The summed E-state index contributed by atoms with van der Waals surface area (Å²) in [4.78, 5) is 2.19. The van der Waals surface area contributed by atoms with E-state index in [1.807, 2.05) is 24.3 Å². The van der Waals surface area contributed by atoms with Crippen molar-refractivity contribution in [2.24, 2.45) is 0 Å². The standard InChI is InChI=1S/C16H23NO5.ClH/c18-13(9-17-5-7-19-8-6-17)10-20-11-14-12-21-15-3-1-2-4-16(15)22-14;/h1-4,13-14,18H,5-12H2;1H/p-1. The number of benzene rings is 1. The number of rotatable bonds is 6. The molecule has 0 spiro atoms. The summed E-state index contributed by atoms with van der Waals surface area (Å²) < 4.78 is 22.3. The minimum atomic E-state index is -0.491. The number of ether oxygens (including phenoxy) is 4. The van der Waals surface area contributed by atoms with E-state index in [2.05, 4.69) is 4.90 Å². The van der Waals surface area contributed by atoms with Crippen LogP contribution < -0.4 is 21.9 Å². The molecular weight excluding hydrogens is 322 g/mol. The third-order valence-electron chi connectivity index (χ3n) is 3.75. The molecule has 6 nitrogen and oxygen atoms in total. The number of morpholine rings is 1. The van der Waals surface area contributed by atoms with Crippen LogP contribution in [-0.4, -0.2) is 74.9 Å². The highest BCUT2D eigenvalue weighted by Gasteiger charge is 2.21. The Bertz CT molecular complexity index is 470. The Morgan fingerprint density at radius 2 is 1.96 bits per heavy atom. The highest BCUT2D eigenvalue weighted by atomic mass is 35.5. The summed E-state index contributed by atoms with van der Waals surface area (Å²) in [6.07, 6.45) is -0.625. The molecule has 130 valence electrons. The molecule has 1 aromatic carbocycles. The third-order valence-corrected chi connectivity index (χ3v) is 3.75. The highest BCUT2D eigenvalue weighted by molar-refractivity contribution is 5.40. The smallest absolute Gasteiger partial charge is 0.161 e. The van der Waals surface area contributed by atoms with E-state index >= 15 is 0 Å². The first kappa shape index (κ1) is 18.3. The molecule has 0 saturated carbocycles. The summed E-state index contributed by atoms with van der Waals surface area (Å²) in [7, 11) is 0. The molecule has 0 amide bonds. The maximum absolute atomic E-state index is 10.0. The first-order chi connectivity index (χ1) is 10.8. The van der Waals surface area contributed by atoms with Gasteiger partial charge in [0.2, 0.25) is 0 Å². The number of β-amino-alcohol motifs (C(OH)–C–C–N with tert-alkyl or cyclic N) is 1. The maximum Gasteiger partial charge on any atom is 0.161 e. The molecule has 1 aromatic rings. The first-order valence-electron chi connectivity index (χ1n) is 7.75. The lowest BCUT2D eigenvalue weighted by molar-refractivity contribution is -0.0391. The average Bonchev–Trinajstić information content (AvgIpc) is 2.55. The van der Waals surface area contributed by atoms with E-state index in [0.29, 0.717) is 26.4 Å². The van der Waals surface area contributed by atoms with Gasteiger partial charge in [0, 0.05) is 19.6 Å². The number of aliphatic hydroxyl groups is 1. The number of fused-ring (bicyclic) bond motifs is 1. The minimum Gasteiger partial charge on any atom is -1.00 e. The number of hydrogen-bond donors (Lipinski definition) is 1. The van der Waals surface area contributed by atoms with E-state index in [4.69, 9.17) is 18.9 Å². The zero-order chi connectivity index (χ0) is 15.2. The van der Waals surface area contributed by atoms with E-state index < -0.39 is 6.10 Å². The maximum atomic E-state index is 10.0. The van der Waals surface area contributed by atoms with Gasteiger partial charge in [0.25, 0.3) is 0 Å². The van der Waals surface area contributed by atoms with Crippen molar-refractivity contribution in [2.45, 2.75) is 12.2 Å². The molecule has 2 unspecified atom stereocenters. The molecule has 2 heterocycles. The second-order valence-electron chi connectivity index (χ2n) is 5.60. The molecule has 0 radical (unpaired) electrons. The summed E-state index contributed by atoms with van der Waals surface area (Å²) in [5.41, 5.74) is 0. The van der Waals surface area contributed by atoms with Crippen LogP contribution in [0.5, 0.6) is 11.5 Å². The lowest BCUT2D eigenvalue weighted by Crippen LogP contribution is -3.00. The van der Waals surface area contributed by atoms with Gasteiger partial charge in [-0.2, -0.15) is 0 Å². The van der Waals surface area contributed by atoms with Crippen molar-refractivity contribution in [3.63, 3.8) is 0 Å². The van der Waals surface area contributed by atoms with Crippen molar-refractivity contribution in [1.29, 1.82) is 0 Å². The fraction of sp³-hybridized carbons (Fsp3) is 0.625. The average molecular weight is 345 g/mol. The fourth-order valence-electron chi connectivity index (χ4n) is 2.62. The Morgan fingerprint density at radius 1 is 1.22 bits per heavy atom. The quantitative estimate of drug-likeness (QED) is 0.618. The molecule has 7 heteroatoms. The van der Waals surface area contributed by atoms with Crippen LogP contribution in [0.15, 0.2) is 24.3 Å². The lowest BCUT2D eigenvalue weighted by atomic mass is 10.2. The minimum absolute atomic E-state index is 0. The molecule has 1 fully saturated rings. The topological polar surface area (TPSA) is 60.4 Å². The molecule has 0 aromatic heterocycles. The summed E-state index contributed by atoms with van der Waals surface area (Å²) in [6, 6.07) is 7.60. The highest BCUT2D eigenvalue weighted by Crippen LogP contribution is 2.30. The van der Waals surface area contributed by atoms with Gasteiger partial charge >= 0.3 is 0 Å². The van der Waals surface area contributed by atoms with E-state index in [9.17, 15) is 5.11 Å². The number of hydrogen-bond acceptors (Lipinski definition) is 6. The molecular formula is C16H23ClNO5-. The van der Waals surface area contributed by atoms with Crippen LogP contribution in [-0.2, 0) is 9.47 Å². The van der Waals surface area contributed by atoms with Gasteiger partial charge in [-0.3, -0.25) is 4.90 Å². The Hall–Kier alpha value is -1.05. The fourth-order valence-corrected chi connectivity index (χ4v) is 2.62. The van der Waals surface area contributed by atoms with E-state index in [1.165, 1.54) is 0 Å². The van der Waals surface area contributed by atoms with E-state index in [-0.39, 0.29) is 18.5 Å². The molecule has 1 saturated heterocycles. The van der Waals surface area contributed by atoms with Gasteiger partial charge in [-0.1, -0.05) is 12.1 Å². The Labute approximate surface area is 142 Å². The predicted octanol–water partition coefficient (Wildman–Crippen LogP) is -2.46. The summed E-state index contributed by atoms with van der Waals surface area (Å²) in [5, 5.41) is 10.0. The number of aliphatic hydroxyl groups excluding tert-OH is 1. The molecule has 23 heavy (non-hydrogen) atoms. The van der Waals surface area contributed by atoms with Crippen molar-refractivity contribution >= 4 is 0 Å². The van der Waals surface area contributed by atoms with Crippen molar-refractivity contribution in [1.82, 2.24) is 4.90 Å². The second-order valence-corrected chi connectivity index (χ2v) is 5.60. The van der Waals surface area contributed by atoms with Crippen molar-refractivity contribution in [3.8, 4) is 11.5 Å². The number of halogens is 1. The number of para-hydroxylation sites is 2. The van der Waals surface area contributed by atoms with Crippen molar-refractivity contribution < 1.29 is 36.5 Å². The summed E-state index contributed by atoms with van der Waals surface area (Å²) >= 11 is 0. The number of nitrogens with zero attached hydrogens (tertiary/aromatic N) is 1. The van der Waals surface area contributed by atoms with Crippen LogP contribution in [0.2, 0.25) is 0 Å². The van der Waals surface area contributed by atoms with Crippen molar-refractivity contribution in [2.75, 3.05) is 52.7 Å². The predicted molar refractivity (Wildman–Crippen MR) is 80.4 cm³/mol. The first-order valence-corrected chi connectivity index (χ1v) is 7.75. The lowest BCUT2D eigenvalue weighted by Gasteiger charge is -2.29. The van der Waals surface area contributed by atoms with Gasteiger partial charge in [-0.15, -0.1) is 0 Å². The molecule has 3 rings (SSSR count). The largest absolute Gasteiger partial charge is 1.00 e. The van der Waals surface area contributed by atoms with Gasteiger partial charge < -0.3 is 36.5 Å². The van der Waals surface area contributed by atoms with Crippen LogP contribution in [0.4, 0.5) is 0 Å². The zero-order valence-electron chi connectivity index (χ0n) is 13.0. The molecule has 2 aliphatic heterocycles. The Morgan fingerprint density at radius 3 is 2.74 bits per heavy atom. The van der Waals surface area contributed by atoms with Gasteiger partial charge in [0.15, 0.2) is 17.6 Å². The van der Waals surface area contributed by atoms with Crippen LogP contribution in [0.25, 0.3) is 0 Å². The van der Waals surface area contributed by atoms with Crippen molar-refractivity contribution in [3.05, 3.63) is 24.3 Å². The van der Waals surface area contributed by atoms with Gasteiger partial charge in [0.1, 0.15) is 6.61 Å². The molecule has 2 atom stereocenters. The SMILES string of the molecule is OC(COCC1COc2ccccc2O1)CN1CCOCC1.[Cl-]. The Kier molecular flexibility index (Phi) is 7.39. The second kappa shape index (κ2) is 9.30. The van der Waals surface area contributed by atoms with Crippen LogP contribution in [0.1, 0.15) is 0 Å². The molecule has 1 N–H and O–H groups in total. The third kappa shape index (κ3) is 5.51. The zero-order valence-corrected chi connectivity index (χ0v) is 13.8. The van der Waals surface area contributed by atoms with E-state index in [1.54, 1.807) is 0 Å². The normalized spacial score (nSPS) is 22.2. The molecule has 0 aliphatic carbocycles. The van der Waals surface area contributed by atoms with Gasteiger partial charge in [0.05, 0.1) is 32.5 Å².